The minimum Gasteiger partial charge on any atom is -0.507 e. The smallest absolute Gasteiger partial charge is 0.410 e. The van der Waals surface area contributed by atoms with E-state index in [1.165, 1.54) is 18.2 Å². The first-order valence-corrected chi connectivity index (χ1v) is 14.9. The van der Waals surface area contributed by atoms with Crippen LogP contribution in [-0.4, -0.2) is 81.8 Å². The average molecular weight is 626 g/mol. The number of rotatable bonds is 4. The largest absolute Gasteiger partial charge is 0.507 e. The van der Waals surface area contributed by atoms with Crippen molar-refractivity contribution in [2.24, 2.45) is 0 Å². The number of benzene rings is 1. The molecular formula is C32H37ClFN5O5. The molecule has 0 radical (unpaired) electrons. The van der Waals surface area contributed by atoms with Crippen LogP contribution >= 0.6 is 11.6 Å². The lowest BCUT2D eigenvalue weighted by Gasteiger charge is -2.40. The molecule has 1 fully saturated rings. The third-order valence-corrected chi connectivity index (χ3v) is 8.04. The molecule has 1 saturated heterocycles. The normalized spacial score (nSPS) is 16.7. The molecule has 10 nitrogen and oxygen atoms in total. The number of carbonyl (C=O) groups excluding carboxylic acids is 2. The summed E-state index contributed by atoms with van der Waals surface area (Å²) in [6.07, 6.45) is 1.25. The fourth-order valence-electron chi connectivity index (χ4n) is 5.63. The van der Waals surface area contributed by atoms with Gasteiger partial charge in [0, 0.05) is 32.9 Å². The number of hydrogen-bond donors (Lipinski definition) is 1. The molecule has 2 amide bonds. The van der Waals surface area contributed by atoms with Crippen molar-refractivity contribution in [2.75, 3.05) is 38.2 Å². The van der Waals surface area contributed by atoms with Crippen molar-refractivity contribution in [3.05, 3.63) is 58.1 Å². The summed E-state index contributed by atoms with van der Waals surface area (Å²) in [4.78, 5) is 41.6. The number of amides is 2. The number of carbonyl (C=O) groups is 2. The Labute approximate surface area is 261 Å². The maximum absolute atomic E-state index is 15.2. The van der Waals surface area contributed by atoms with E-state index in [1.54, 1.807) is 48.7 Å². The van der Waals surface area contributed by atoms with Crippen molar-refractivity contribution in [3.8, 4) is 22.8 Å². The molecule has 0 saturated carbocycles. The Morgan fingerprint density at radius 2 is 1.95 bits per heavy atom. The highest BCUT2D eigenvalue weighted by atomic mass is 35.5. The van der Waals surface area contributed by atoms with Crippen LogP contribution in [0, 0.1) is 12.7 Å². The Bertz CT molecular complexity index is 1610. The number of aromatic nitrogens is 2. The number of phenolic OH excluding ortho intramolecular Hbond substituents is 1. The standard InChI is InChI=1S/C32H37ClFN5O5/c1-17(2)25-27(18(3)11-12-35-25)37(7)29-23-28(24(33)26(36-29)22-20(34)9-8-10-21(22)40)43-16-19-15-38(13-14-39(19)30(23)41)31(42)44-32(4,5)6/h8-12,17,19,40H,13-16H2,1-7H3/t19-/m1/s1. The SMILES string of the molecule is Cc1ccnc(C(C)C)c1N(C)c1nc(-c2c(O)cccc2F)c(Cl)c2c1C(=O)N1CCN(C(=O)OC(C)(C)C)C[C@@H]1CO2. The molecule has 1 N–H and O–H groups in total. The van der Waals surface area contributed by atoms with Gasteiger partial charge < -0.3 is 29.3 Å². The van der Waals surface area contributed by atoms with Gasteiger partial charge in [-0.1, -0.05) is 31.5 Å². The highest BCUT2D eigenvalue weighted by molar-refractivity contribution is 6.35. The highest BCUT2D eigenvalue weighted by Gasteiger charge is 2.42. The van der Waals surface area contributed by atoms with Crippen molar-refractivity contribution in [2.45, 2.75) is 59.1 Å². The van der Waals surface area contributed by atoms with Gasteiger partial charge in [-0.2, -0.15) is 0 Å². The molecule has 4 heterocycles. The zero-order valence-corrected chi connectivity index (χ0v) is 26.7. The molecule has 3 aromatic rings. The molecule has 12 heteroatoms. The van der Waals surface area contributed by atoms with Gasteiger partial charge in [-0.25, -0.2) is 14.2 Å². The summed E-state index contributed by atoms with van der Waals surface area (Å²) in [5, 5.41) is 10.6. The van der Waals surface area contributed by atoms with Crippen LogP contribution in [0.5, 0.6) is 11.5 Å². The van der Waals surface area contributed by atoms with Crippen LogP contribution in [0.2, 0.25) is 5.02 Å². The number of pyridine rings is 2. The van der Waals surface area contributed by atoms with Crippen LogP contribution in [0.4, 0.5) is 20.7 Å². The Morgan fingerprint density at radius 1 is 1.23 bits per heavy atom. The summed E-state index contributed by atoms with van der Waals surface area (Å²) in [7, 11) is 1.76. The van der Waals surface area contributed by atoms with E-state index in [2.05, 4.69) is 4.98 Å². The van der Waals surface area contributed by atoms with E-state index < -0.39 is 23.6 Å². The van der Waals surface area contributed by atoms with E-state index in [9.17, 15) is 14.7 Å². The lowest BCUT2D eigenvalue weighted by molar-refractivity contribution is 0.000956. The number of fused-ring (bicyclic) bond motifs is 2. The van der Waals surface area contributed by atoms with Crippen LogP contribution in [0.1, 0.15) is 62.2 Å². The van der Waals surface area contributed by atoms with Crippen molar-refractivity contribution in [1.82, 2.24) is 19.8 Å². The van der Waals surface area contributed by atoms with E-state index in [4.69, 9.17) is 26.1 Å². The molecule has 44 heavy (non-hydrogen) atoms. The summed E-state index contributed by atoms with van der Waals surface area (Å²) in [6.45, 7) is 12.0. The predicted molar refractivity (Wildman–Crippen MR) is 166 cm³/mol. The Kier molecular flexibility index (Phi) is 8.37. The molecule has 2 aliphatic heterocycles. The number of nitrogens with zero attached hydrogens (tertiary/aromatic N) is 5. The lowest BCUT2D eigenvalue weighted by Crippen LogP contribution is -2.58. The maximum Gasteiger partial charge on any atom is 0.410 e. The van der Waals surface area contributed by atoms with Crippen LogP contribution in [0.15, 0.2) is 30.5 Å². The molecule has 1 atom stereocenters. The van der Waals surface area contributed by atoms with Gasteiger partial charge in [-0.05, 0) is 57.4 Å². The molecule has 2 aliphatic rings. The number of anilines is 2. The van der Waals surface area contributed by atoms with Gasteiger partial charge in [-0.15, -0.1) is 0 Å². The summed E-state index contributed by atoms with van der Waals surface area (Å²) < 4.78 is 27.1. The number of aromatic hydroxyl groups is 1. The second-order valence-corrected chi connectivity index (χ2v) is 12.8. The van der Waals surface area contributed by atoms with E-state index in [0.29, 0.717) is 0 Å². The van der Waals surface area contributed by atoms with Gasteiger partial charge in [0.2, 0.25) is 0 Å². The average Bonchev–Trinajstić information content (AvgIpc) is 3.09. The molecule has 0 aliphatic carbocycles. The monoisotopic (exact) mass is 625 g/mol. The fraction of sp³-hybridized carbons (Fsp3) is 0.438. The van der Waals surface area contributed by atoms with Gasteiger partial charge >= 0.3 is 6.09 Å². The maximum atomic E-state index is 15.2. The number of halogens is 2. The predicted octanol–water partition coefficient (Wildman–Crippen LogP) is 6.30. The molecule has 234 valence electrons. The van der Waals surface area contributed by atoms with Crippen molar-refractivity contribution >= 4 is 35.1 Å². The number of aryl methyl sites for hydroxylation is 1. The first-order valence-electron chi connectivity index (χ1n) is 14.5. The Balaban J connectivity index is 1.67. The Hall–Kier alpha value is -4.12. The van der Waals surface area contributed by atoms with Gasteiger partial charge in [0.1, 0.15) is 45.9 Å². The topological polar surface area (TPSA) is 108 Å². The molecule has 2 aromatic heterocycles. The van der Waals surface area contributed by atoms with E-state index in [0.717, 1.165) is 16.9 Å². The highest BCUT2D eigenvalue weighted by Crippen LogP contribution is 2.47. The number of ether oxygens (including phenoxy) is 2. The Morgan fingerprint density at radius 3 is 2.61 bits per heavy atom. The van der Waals surface area contributed by atoms with Gasteiger partial charge in [0.15, 0.2) is 5.75 Å². The minimum absolute atomic E-state index is 0.0107. The van der Waals surface area contributed by atoms with Crippen LogP contribution in [0.25, 0.3) is 11.3 Å². The molecule has 0 spiro atoms. The lowest BCUT2D eigenvalue weighted by atomic mass is 10.0. The minimum atomic E-state index is -0.737. The van der Waals surface area contributed by atoms with Crippen molar-refractivity contribution in [1.29, 1.82) is 0 Å². The molecule has 0 unspecified atom stereocenters. The summed E-state index contributed by atoms with van der Waals surface area (Å²) in [5.41, 5.74) is 1.54. The van der Waals surface area contributed by atoms with Crippen molar-refractivity contribution < 1.29 is 28.6 Å². The number of phenols is 1. The molecule has 1 aromatic carbocycles. The van der Waals surface area contributed by atoms with E-state index >= 15 is 4.39 Å². The third kappa shape index (κ3) is 5.72. The summed E-state index contributed by atoms with van der Waals surface area (Å²) >= 11 is 6.88. The van der Waals surface area contributed by atoms with Gasteiger partial charge in [-0.3, -0.25) is 9.78 Å². The summed E-state index contributed by atoms with van der Waals surface area (Å²) in [5.74, 6) is -1.26. The molecule has 5 rings (SSSR count). The van der Waals surface area contributed by atoms with Crippen LogP contribution in [0.3, 0.4) is 0 Å². The number of hydrogen-bond acceptors (Lipinski definition) is 8. The van der Waals surface area contributed by atoms with Gasteiger partial charge in [0.05, 0.1) is 23.0 Å². The van der Waals surface area contributed by atoms with E-state index in [1.807, 2.05) is 26.8 Å². The fourth-order valence-corrected chi connectivity index (χ4v) is 5.92. The number of piperazine rings is 1. The van der Waals surface area contributed by atoms with Crippen LogP contribution < -0.4 is 9.64 Å². The molecular weight excluding hydrogens is 589 g/mol. The zero-order valence-electron chi connectivity index (χ0n) is 25.9. The second kappa shape index (κ2) is 11.8. The third-order valence-electron chi connectivity index (χ3n) is 7.69. The quantitative estimate of drug-likeness (QED) is 0.360. The first-order chi connectivity index (χ1) is 20.7. The molecule has 0 bridgehead atoms. The first kappa shape index (κ1) is 31.3. The van der Waals surface area contributed by atoms with Crippen LogP contribution in [-0.2, 0) is 4.74 Å². The zero-order chi connectivity index (χ0) is 32.1. The summed E-state index contributed by atoms with van der Waals surface area (Å²) in [6, 6.07) is 5.26. The second-order valence-electron chi connectivity index (χ2n) is 12.4. The van der Waals surface area contributed by atoms with Crippen molar-refractivity contribution in [3.63, 3.8) is 0 Å². The van der Waals surface area contributed by atoms with E-state index in [-0.39, 0.29) is 77.2 Å². The van der Waals surface area contributed by atoms with Gasteiger partial charge in [0.25, 0.3) is 5.91 Å².